The van der Waals surface area contributed by atoms with Crippen LogP contribution in [0.25, 0.3) is 0 Å². The van der Waals surface area contributed by atoms with Crippen LogP contribution < -0.4 is 4.74 Å². The summed E-state index contributed by atoms with van der Waals surface area (Å²) in [6.07, 6.45) is -1.74. The molecule has 1 saturated carbocycles. The van der Waals surface area contributed by atoms with Gasteiger partial charge in [-0.05, 0) is 42.5 Å². The zero-order chi connectivity index (χ0) is 15.8. The van der Waals surface area contributed by atoms with E-state index < -0.39 is 12.1 Å². The second-order valence-electron chi connectivity index (χ2n) is 5.61. The zero-order valence-electron chi connectivity index (χ0n) is 11.8. The summed E-state index contributed by atoms with van der Waals surface area (Å²) in [4.78, 5) is 0. The Kier molecular flexibility index (Phi) is 4.27. The van der Waals surface area contributed by atoms with Gasteiger partial charge in [-0.3, -0.25) is 0 Å². The largest absolute Gasteiger partial charge is 0.573 e. The quantitative estimate of drug-likeness (QED) is 0.787. The first-order chi connectivity index (χ1) is 10.4. The van der Waals surface area contributed by atoms with Gasteiger partial charge < -0.3 is 14.2 Å². The van der Waals surface area contributed by atoms with Crippen LogP contribution in [0.1, 0.15) is 37.2 Å². The Balaban J connectivity index is 1.73. The number of hydrogen-bond donors (Lipinski definition) is 0. The number of benzene rings is 1. The van der Waals surface area contributed by atoms with Crippen LogP contribution in [-0.4, -0.2) is 25.4 Å². The molecule has 2 fully saturated rings. The molecule has 22 heavy (non-hydrogen) atoms. The molecule has 122 valence electrons. The van der Waals surface area contributed by atoms with Crippen molar-refractivity contribution >= 4 is 11.6 Å². The predicted octanol–water partition coefficient (Wildman–Crippen LogP) is 4.64. The van der Waals surface area contributed by atoms with Gasteiger partial charge in [0.1, 0.15) is 5.75 Å². The van der Waals surface area contributed by atoms with Gasteiger partial charge >= 0.3 is 6.36 Å². The van der Waals surface area contributed by atoms with Gasteiger partial charge in [0.25, 0.3) is 0 Å². The number of rotatable bonds is 2. The summed E-state index contributed by atoms with van der Waals surface area (Å²) in [5.41, 5.74) is 0.691. The first-order valence-corrected chi connectivity index (χ1v) is 7.58. The second-order valence-corrected chi connectivity index (χ2v) is 6.02. The molecule has 1 aliphatic carbocycles. The van der Waals surface area contributed by atoms with E-state index in [4.69, 9.17) is 21.1 Å². The first-order valence-electron chi connectivity index (χ1n) is 7.20. The number of halogens is 4. The van der Waals surface area contributed by atoms with Gasteiger partial charge in [0.2, 0.25) is 0 Å². The molecular weight excluding hydrogens is 321 g/mol. The van der Waals surface area contributed by atoms with Crippen LogP contribution in [0.15, 0.2) is 18.2 Å². The van der Waals surface area contributed by atoms with Gasteiger partial charge in [0.15, 0.2) is 5.79 Å². The fraction of sp³-hybridized carbons (Fsp3) is 0.600. The van der Waals surface area contributed by atoms with Crippen LogP contribution in [0.3, 0.4) is 0 Å². The molecule has 1 saturated heterocycles. The maximum Gasteiger partial charge on any atom is 0.573 e. The van der Waals surface area contributed by atoms with Crippen molar-refractivity contribution in [1.82, 2.24) is 0 Å². The lowest BCUT2D eigenvalue weighted by Gasteiger charge is -2.35. The van der Waals surface area contributed by atoms with E-state index in [-0.39, 0.29) is 11.7 Å². The summed E-state index contributed by atoms with van der Waals surface area (Å²) in [5.74, 6) is -0.647. The van der Waals surface area contributed by atoms with E-state index in [1.807, 2.05) is 0 Å². The molecular formula is C15H16ClF3O3. The molecule has 1 spiro atoms. The molecule has 0 radical (unpaired) electrons. The molecule has 0 bridgehead atoms. The molecule has 0 N–H and O–H groups in total. The summed E-state index contributed by atoms with van der Waals surface area (Å²) in [5, 5.41) is 0.462. The van der Waals surface area contributed by atoms with Gasteiger partial charge in [-0.1, -0.05) is 11.6 Å². The highest BCUT2D eigenvalue weighted by atomic mass is 35.5. The Morgan fingerprint density at radius 1 is 1.14 bits per heavy atom. The van der Waals surface area contributed by atoms with Gasteiger partial charge in [0.05, 0.1) is 13.2 Å². The van der Waals surface area contributed by atoms with E-state index in [0.29, 0.717) is 23.8 Å². The molecule has 1 aliphatic heterocycles. The van der Waals surface area contributed by atoms with Crippen molar-refractivity contribution < 1.29 is 27.4 Å². The third-order valence-corrected chi connectivity index (χ3v) is 4.55. The minimum absolute atomic E-state index is 0.0858. The van der Waals surface area contributed by atoms with Gasteiger partial charge in [-0.2, -0.15) is 0 Å². The molecule has 7 heteroatoms. The Morgan fingerprint density at radius 2 is 1.77 bits per heavy atom. The average Bonchev–Trinajstić information content (AvgIpc) is 2.89. The molecule has 1 heterocycles. The molecule has 0 amide bonds. The number of hydrogen-bond acceptors (Lipinski definition) is 3. The normalized spacial score (nSPS) is 22.2. The highest BCUT2D eigenvalue weighted by Crippen LogP contribution is 2.44. The van der Waals surface area contributed by atoms with Crippen LogP contribution >= 0.6 is 11.6 Å². The summed E-state index contributed by atoms with van der Waals surface area (Å²) in [6.45, 7) is 1.20. The third kappa shape index (κ3) is 3.50. The maximum absolute atomic E-state index is 12.3. The fourth-order valence-corrected chi connectivity index (χ4v) is 3.46. The van der Waals surface area contributed by atoms with Crippen molar-refractivity contribution in [3.05, 3.63) is 28.8 Å². The van der Waals surface area contributed by atoms with E-state index in [0.717, 1.165) is 25.7 Å². The molecule has 3 rings (SSSR count). The van der Waals surface area contributed by atoms with Crippen molar-refractivity contribution in [2.45, 2.75) is 43.8 Å². The summed E-state index contributed by atoms with van der Waals surface area (Å²) >= 11 is 6.15. The van der Waals surface area contributed by atoms with Crippen LogP contribution in [0.2, 0.25) is 5.02 Å². The maximum atomic E-state index is 12.3. The Bertz CT molecular complexity index is 531. The van der Waals surface area contributed by atoms with Crippen LogP contribution in [0.5, 0.6) is 5.75 Å². The fourth-order valence-electron chi connectivity index (χ4n) is 3.19. The van der Waals surface area contributed by atoms with E-state index in [2.05, 4.69) is 4.74 Å². The Labute approximate surface area is 131 Å². The molecule has 2 aliphatic rings. The van der Waals surface area contributed by atoms with Gasteiger partial charge in [-0.15, -0.1) is 13.2 Å². The van der Waals surface area contributed by atoms with Crippen molar-refractivity contribution in [2.24, 2.45) is 0 Å². The molecule has 1 aromatic rings. The molecule has 1 aromatic carbocycles. The predicted molar refractivity (Wildman–Crippen MR) is 74.0 cm³/mol. The Morgan fingerprint density at radius 3 is 2.36 bits per heavy atom. The Hall–Kier alpha value is -0.980. The second kappa shape index (κ2) is 5.91. The zero-order valence-corrected chi connectivity index (χ0v) is 12.5. The monoisotopic (exact) mass is 336 g/mol. The van der Waals surface area contributed by atoms with E-state index in [9.17, 15) is 13.2 Å². The van der Waals surface area contributed by atoms with Crippen molar-refractivity contribution in [3.63, 3.8) is 0 Å². The van der Waals surface area contributed by atoms with Crippen molar-refractivity contribution in [2.75, 3.05) is 13.2 Å². The van der Waals surface area contributed by atoms with Crippen molar-refractivity contribution in [3.8, 4) is 5.75 Å². The lowest BCUT2D eigenvalue weighted by atomic mass is 9.81. The van der Waals surface area contributed by atoms with Gasteiger partial charge in [-0.25, -0.2) is 0 Å². The molecule has 3 nitrogen and oxygen atoms in total. The topological polar surface area (TPSA) is 27.7 Å². The van der Waals surface area contributed by atoms with Crippen LogP contribution in [0, 0.1) is 0 Å². The van der Waals surface area contributed by atoms with Crippen LogP contribution in [0.4, 0.5) is 13.2 Å². The summed E-state index contributed by atoms with van der Waals surface area (Å²) in [6, 6.07) is 4.06. The lowest BCUT2D eigenvalue weighted by molar-refractivity contribution is -0.274. The molecule has 0 aromatic heterocycles. The highest BCUT2D eigenvalue weighted by molar-refractivity contribution is 6.31. The SMILES string of the molecule is FC(F)(F)Oc1ccc(Cl)c(C2CCC3(CC2)OCCO3)c1. The number of alkyl halides is 3. The minimum Gasteiger partial charge on any atom is -0.406 e. The van der Waals surface area contributed by atoms with E-state index in [1.165, 1.54) is 18.2 Å². The summed E-state index contributed by atoms with van der Waals surface area (Å²) < 4.78 is 52.3. The third-order valence-electron chi connectivity index (χ3n) is 4.20. The number of ether oxygens (including phenoxy) is 3. The van der Waals surface area contributed by atoms with E-state index in [1.54, 1.807) is 0 Å². The average molecular weight is 337 g/mol. The smallest absolute Gasteiger partial charge is 0.406 e. The first kappa shape index (κ1) is 15.9. The van der Waals surface area contributed by atoms with Crippen LogP contribution in [-0.2, 0) is 9.47 Å². The lowest BCUT2D eigenvalue weighted by Crippen LogP contribution is -2.34. The van der Waals surface area contributed by atoms with E-state index >= 15 is 0 Å². The van der Waals surface area contributed by atoms with Gasteiger partial charge in [0, 0.05) is 17.9 Å². The molecule has 0 unspecified atom stereocenters. The summed E-state index contributed by atoms with van der Waals surface area (Å²) in [7, 11) is 0. The van der Waals surface area contributed by atoms with Crippen molar-refractivity contribution in [1.29, 1.82) is 0 Å². The minimum atomic E-state index is -4.70. The standard InChI is InChI=1S/C15H16ClF3O3/c16-13-2-1-11(22-15(17,18)19)9-12(13)10-3-5-14(6-4-10)20-7-8-21-14/h1-2,9-10H,3-8H2. The highest BCUT2D eigenvalue weighted by Gasteiger charge is 2.41. The molecule has 0 atom stereocenters.